The van der Waals surface area contributed by atoms with Crippen LogP contribution >= 0.6 is 0 Å². The molecule has 3 aromatic carbocycles. The predicted molar refractivity (Wildman–Crippen MR) is 116 cm³/mol. The summed E-state index contributed by atoms with van der Waals surface area (Å²) in [6.45, 7) is 0.956. The van der Waals surface area contributed by atoms with Gasteiger partial charge in [0.15, 0.2) is 0 Å². The van der Waals surface area contributed by atoms with E-state index in [9.17, 15) is 13.2 Å². The van der Waals surface area contributed by atoms with Crippen molar-refractivity contribution in [2.45, 2.75) is 23.8 Å². The first-order chi connectivity index (χ1) is 14.6. The fourth-order valence-electron chi connectivity index (χ4n) is 3.79. The van der Waals surface area contributed by atoms with Crippen molar-refractivity contribution in [3.8, 4) is 5.75 Å². The summed E-state index contributed by atoms with van der Waals surface area (Å²) in [5.41, 5.74) is 0. The lowest BCUT2D eigenvalue weighted by molar-refractivity contribution is -0.124. The van der Waals surface area contributed by atoms with Crippen LogP contribution in [0.5, 0.6) is 5.75 Å². The first-order valence-corrected chi connectivity index (χ1v) is 11.5. The van der Waals surface area contributed by atoms with Gasteiger partial charge in [0, 0.05) is 11.9 Å². The van der Waals surface area contributed by atoms with E-state index in [1.165, 1.54) is 4.31 Å². The molecule has 1 saturated heterocycles. The fourth-order valence-corrected chi connectivity index (χ4v) is 5.47. The highest BCUT2D eigenvalue weighted by molar-refractivity contribution is 7.89. The number of sulfonamides is 1. The van der Waals surface area contributed by atoms with Gasteiger partial charge in [-0.15, -0.1) is 0 Å². The van der Waals surface area contributed by atoms with Gasteiger partial charge in [-0.1, -0.05) is 54.6 Å². The van der Waals surface area contributed by atoms with E-state index in [4.69, 9.17) is 4.74 Å². The van der Waals surface area contributed by atoms with Crippen molar-refractivity contribution in [3.05, 3.63) is 72.8 Å². The highest BCUT2D eigenvalue weighted by Gasteiger charge is 2.39. The van der Waals surface area contributed by atoms with Crippen LogP contribution in [0.25, 0.3) is 10.8 Å². The van der Waals surface area contributed by atoms with Gasteiger partial charge in [-0.25, -0.2) is 8.42 Å². The van der Waals surface area contributed by atoms with Crippen LogP contribution < -0.4 is 10.1 Å². The predicted octanol–water partition coefficient (Wildman–Crippen LogP) is 3.19. The third kappa shape index (κ3) is 4.17. The van der Waals surface area contributed by atoms with Crippen molar-refractivity contribution in [1.29, 1.82) is 0 Å². The SMILES string of the molecule is O=C(NCCOc1cccc2ccccc12)[C@H]1CCCN1S(=O)(=O)c1ccccc1. The molecule has 1 aliphatic heterocycles. The number of carbonyl (C=O) groups is 1. The van der Waals surface area contributed by atoms with Gasteiger partial charge in [0.2, 0.25) is 15.9 Å². The van der Waals surface area contributed by atoms with E-state index in [0.717, 1.165) is 16.5 Å². The Hall–Kier alpha value is -2.90. The molecular weight excluding hydrogens is 400 g/mol. The number of rotatable bonds is 7. The zero-order valence-electron chi connectivity index (χ0n) is 16.5. The first-order valence-electron chi connectivity index (χ1n) is 10.0. The smallest absolute Gasteiger partial charge is 0.243 e. The highest BCUT2D eigenvalue weighted by Crippen LogP contribution is 2.26. The molecule has 0 radical (unpaired) electrons. The van der Waals surface area contributed by atoms with Crippen LogP contribution in [-0.2, 0) is 14.8 Å². The molecule has 30 heavy (non-hydrogen) atoms. The Morgan fingerprint density at radius 1 is 1.00 bits per heavy atom. The molecule has 0 unspecified atom stereocenters. The number of hydrogen-bond donors (Lipinski definition) is 1. The maximum absolute atomic E-state index is 12.9. The van der Waals surface area contributed by atoms with Crippen molar-refractivity contribution in [2.24, 2.45) is 0 Å². The van der Waals surface area contributed by atoms with Crippen LogP contribution in [0.3, 0.4) is 0 Å². The molecule has 1 amide bonds. The second kappa shape index (κ2) is 8.85. The summed E-state index contributed by atoms with van der Waals surface area (Å²) < 4.78 is 33.0. The van der Waals surface area contributed by atoms with Gasteiger partial charge in [0.1, 0.15) is 18.4 Å². The van der Waals surface area contributed by atoms with Gasteiger partial charge in [0.05, 0.1) is 11.4 Å². The van der Waals surface area contributed by atoms with E-state index in [0.29, 0.717) is 32.5 Å². The average molecular weight is 425 g/mol. The fraction of sp³-hybridized carbons (Fsp3) is 0.261. The Morgan fingerprint density at radius 3 is 2.57 bits per heavy atom. The van der Waals surface area contributed by atoms with Crippen molar-refractivity contribution in [2.75, 3.05) is 19.7 Å². The monoisotopic (exact) mass is 424 g/mol. The molecule has 0 saturated carbocycles. The Kier molecular flexibility index (Phi) is 6.01. The quantitative estimate of drug-likeness (QED) is 0.591. The molecule has 0 aromatic heterocycles. The summed E-state index contributed by atoms with van der Waals surface area (Å²) in [6, 6.07) is 21.4. The summed E-state index contributed by atoms with van der Waals surface area (Å²) in [5, 5.41) is 4.93. The summed E-state index contributed by atoms with van der Waals surface area (Å²) in [6.07, 6.45) is 1.18. The van der Waals surface area contributed by atoms with Crippen molar-refractivity contribution >= 4 is 26.7 Å². The minimum absolute atomic E-state index is 0.212. The summed E-state index contributed by atoms with van der Waals surface area (Å²) >= 11 is 0. The second-order valence-electron chi connectivity index (χ2n) is 7.20. The zero-order chi connectivity index (χ0) is 21.0. The normalized spacial score (nSPS) is 17.1. The van der Waals surface area contributed by atoms with Crippen molar-refractivity contribution < 1.29 is 17.9 Å². The molecule has 1 fully saturated rings. The maximum atomic E-state index is 12.9. The first kappa shape index (κ1) is 20.4. The summed E-state index contributed by atoms with van der Waals surface area (Å²) in [4.78, 5) is 12.9. The third-order valence-electron chi connectivity index (χ3n) is 5.26. The molecule has 1 aliphatic rings. The number of fused-ring (bicyclic) bond motifs is 1. The lowest BCUT2D eigenvalue weighted by Crippen LogP contribution is -2.46. The Balaban J connectivity index is 1.36. The minimum atomic E-state index is -3.69. The molecule has 6 nitrogen and oxygen atoms in total. The molecule has 156 valence electrons. The number of benzene rings is 3. The molecule has 1 heterocycles. The molecule has 0 bridgehead atoms. The molecule has 1 N–H and O–H groups in total. The van der Waals surface area contributed by atoms with E-state index in [-0.39, 0.29) is 10.8 Å². The topological polar surface area (TPSA) is 75.7 Å². The Labute approximate surface area is 176 Å². The number of carbonyl (C=O) groups excluding carboxylic acids is 1. The molecule has 0 spiro atoms. The van der Waals surface area contributed by atoms with Gasteiger partial charge in [-0.3, -0.25) is 4.79 Å². The molecule has 3 aromatic rings. The summed E-state index contributed by atoms with van der Waals surface area (Å²) in [7, 11) is -3.69. The molecule has 4 rings (SSSR count). The zero-order valence-corrected chi connectivity index (χ0v) is 17.3. The van der Waals surface area contributed by atoms with Crippen molar-refractivity contribution in [1.82, 2.24) is 9.62 Å². The molecule has 0 aliphatic carbocycles. The van der Waals surface area contributed by atoms with Gasteiger partial charge in [-0.05, 0) is 36.4 Å². The van der Waals surface area contributed by atoms with Crippen LogP contribution in [0.2, 0.25) is 0 Å². The van der Waals surface area contributed by atoms with Crippen LogP contribution in [0.15, 0.2) is 77.7 Å². The van der Waals surface area contributed by atoms with E-state index in [1.54, 1.807) is 30.3 Å². The lowest BCUT2D eigenvalue weighted by atomic mass is 10.1. The number of nitrogens with one attached hydrogen (secondary N) is 1. The van der Waals surface area contributed by atoms with Crippen LogP contribution in [0, 0.1) is 0 Å². The van der Waals surface area contributed by atoms with Crippen LogP contribution in [0.4, 0.5) is 0 Å². The van der Waals surface area contributed by atoms with Gasteiger partial charge in [-0.2, -0.15) is 4.31 Å². The largest absolute Gasteiger partial charge is 0.491 e. The lowest BCUT2D eigenvalue weighted by Gasteiger charge is -2.23. The Morgan fingerprint density at radius 2 is 1.73 bits per heavy atom. The van der Waals surface area contributed by atoms with Gasteiger partial charge >= 0.3 is 0 Å². The van der Waals surface area contributed by atoms with E-state index in [1.807, 2.05) is 42.5 Å². The van der Waals surface area contributed by atoms with Gasteiger partial charge in [0.25, 0.3) is 0 Å². The maximum Gasteiger partial charge on any atom is 0.243 e. The van der Waals surface area contributed by atoms with E-state index >= 15 is 0 Å². The van der Waals surface area contributed by atoms with Crippen molar-refractivity contribution in [3.63, 3.8) is 0 Å². The highest BCUT2D eigenvalue weighted by atomic mass is 32.2. The third-order valence-corrected chi connectivity index (χ3v) is 7.19. The second-order valence-corrected chi connectivity index (χ2v) is 9.09. The molecule has 1 atom stereocenters. The standard InChI is InChI=1S/C23H24N2O4S/c26-23(21-13-7-16-25(21)30(27,28)19-10-2-1-3-11-19)24-15-17-29-22-14-6-9-18-8-4-5-12-20(18)22/h1-6,8-12,14,21H,7,13,15-17H2,(H,24,26)/t21-/m1/s1. The van der Waals surface area contributed by atoms with E-state index < -0.39 is 16.1 Å². The van der Waals surface area contributed by atoms with Gasteiger partial charge < -0.3 is 10.1 Å². The van der Waals surface area contributed by atoms with Crippen LogP contribution in [0.1, 0.15) is 12.8 Å². The van der Waals surface area contributed by atoms with E-state index in [2.05, 4.69) is 5.32 Å². The number of amides is 1. The average Bonchev–Trinajstić information content (AvgIpc) is 3.28. The number of nitrogens with zero attached hydrogens (tertiary/aromatic N) is 1. The molecule has 7 heteroatoms. The minimum Gasteiger partial charge on any atom is -0.491 e. The summed E-state index contributed by atoms with van der Waals surface area (Å²) in [5.74, 6) is 0.477. The Bertz CT molecular complexity index is 1130. The van der Waals surface area contributed by atoms with Crippen LogP contribution in [-0.4, -0.2) is 44.4 Å². The molecular formula is C23H24N2O4S. The number of ether oxygens (including phenoxy) is 1. The number of hydrogen-bond acceptors (Lipinski definition) is 4.